The van der Waals surface area contributed by atoms with Gasteiger partial charge < -0.3 is 10.5 Å². The lowest BCUT2D eigenvalue weighted by Gasteiger charge is -2.07. The molecule has 0 aromatic heterocycles. The van der Waals surface area contributed by atoms with Crippen LogP contribution in [0, 0.1) is 5.82 Å². The highest BCUT2D eigenvalue weighted by Gasteiger charge is 2.08. The van der Waals surface area contributed by atoms with Gasteiger partial charge in [0, 0.05) is 6.07 Å². The molecule has 14 heavy (non-hydrogen) atoms. The molecular weight excluding hydrogens is 249 g/mol. The van der Waals surface area contributed by atoms with Crippen molar-refractivity contribution in [2.24, 2.45) is 5.73 Å². The first-order valence-corrected chi connectivity index (χ1v) is 5.20. The smallest absolute Gasteiger partial charge is 0.141 e. The molecule has 0 radical (unpaired) electrons. The lowest BCUT2D eigenvalue weighted by molar-refractivity contribution is 0.410. The Hall–Kier alpha value is -0.610. The molecule has 0 atom stereocenters. The Morgan fingerprint density at radius 2 is 2.21 bits per heavy atom. The first-order chi connectivity index (χ1) is 6.69. The maximum Gasteiger partial charge on any atom is 0.141 e. The molecule has 4 heteroatoms. The maximum atomic E-state index is 13.3. The minimum absolute atomic E-state index is 0.295. The summed E-state index contributed by atoms with van der Waals surface area (Å²) in [5, 5.41) is 0. The van der Waals surface area contributed by atoms with Crippen molar-refractivity contribution in [2.75, 3.05) is 13.7 Å². The van der Waals surface area contributed by atoms with Gasteiger partial charge in [0.15, 0.2) is 0 Å². The third kappa shape index (κ3) is 2.69. The zero-order chi connectivity index (χ0) is 10.6. The monoisotopic (exact) mass is 261 g/mol. The van der Waals surface area contributed by atoms with Crippen LogP contribution in [0.3, 0.4) is 0 Å². The second kappa shape index (κ2) is 5.32. The van der Waals surface area contributed by atoms with Crippen LogP contribution in [0.15, 0.2) is 16.6 Å². The van der Waals surface area contributed by atoms with Crippen LogP contribution in [0.25, 0.3) is 0 Å². The quantitative estimate of drug-likeness (QED) is 0.904. The molecule has 0 aliphatic heterocycles. The van der Waals surface area contributed by atoms with E-state index >= 15 is 0 Å². The number of benzene rings is 1. The van der Waals surface area contributed by atoms with E-state index in [9.17, 15) is 4.39 Å². The summed E-state index contributed by atoms with van der Waals surface area (Å²) >= 11 is 3.20. The van der Waals surface area contributed by atoms with E-state index in [-0.39, 0.29) is 5.82 Å². The average molecular weight is 262 g/mol. The summed E-state index contributed by atoms with van der Waals surface area (Å²) in [6.45, 7) is 0.602. The predicted octanol–water partition coefficient (Wildman–Crippen LogP) is 2.49. The molecule has 0 heterocycles. The topological polar surface area (TPSA) is 35.2 Å². The second-order valence-corrected chi connectivity index (χ2v) is 3.77. The van der Waals surface area contributed by atoms with Gasteiger partial charge in [0.2, 0.25) is 0 Å². The molecule has 0 bridgehead atoms. The van der Waals surface area contributed by atoms with Crippen LogP contribution >= 0.6 is 15.9 Å². The number of nitrogens with two attached hydrogens (primary N) is 1. The Balaban J connectivity index is 2.95. The number of ether oxygens (including phenoxy) is 1. The van der Waals surface area contributed by atoms with Gasteiger partial charge in [-0.3, -0.25) is 0 Å². The highest BCUT2D eigenvalue weighted by molar-refractivity contribution is 9.10. The second-order valence-electron chi connectivity index (χ2n) is 2.97. The standard InChI is InChI=1S/C10H13BrFNO/c1-14-8-5-7(3-2-4-13)10(11)9(12)6-8/h5-6H,2-4,13H2,1H3. The summed E-state index contributed by atoms with van der Waals surface area (Å²) in [5.41, 5.74) is 6.29. The fourth-order valence-corrected chi connectivity index (χ4v) is 1.64. The molecule has 0 saturated carbocycles. The van der Waals surface area contributed by atoms with E-state index in [0.29, 0.717) is 16.8 Å². The van der Waals surface area contributed by atoms with Crippen molar-refractivity contribution in [1.29, 1.82) is 0 Å². The fourth-order valence-electron chi connectivity index (χ4n) is 1.21. The first-order valence-electron chi connectivity index (χ1n) is 4.41. The minimum Gasteiger partial charge on any atom is -0.497 e. The third-order valence-electron chi connectivity index (χ3n) is 1.96. The van der Waals surface area contributed by atoms with Crippen molar-refractivity contribution < 1.29 is 9.13 Å². The zero-order valence-electron chi connectivity index (χ0n) is 8.02. The molecule has 0 saturated heterocycles. The van der Waals surface area contributed by atoms with Gasteiger partial charge in [-0.25, -0.2) is 4.39 Å². The molecule has 1 aromatic rings. The van der Waals surface area contributed by atoms with Crippen LogP contribution in [0.5, 0.6) is 5.75 Å². The Kier molecular flexibility index (Phi) is 4.35. The van der Waals surface area contributed by atoms with Crippen molar-refractivity contribution in [3.63, 3.8) is 0 Å². The summed E-state index contributed by atoms with van der Waals surface area (Å²) in [6.07, 6.45) is 1.59. The largest absolute Gasteiger partial charge is 0.497 e. The number of rotatable bonds is 4. The van der Waals surface area contributed by atoms with Gasteiger partial charge in [-0.1, -0.05) is 0 Å². The molecule has 1 aromatic carbocycles. The number of halogens is 2. The molecule has 1 rings (SSSR count). The van der Waals surface area contributed by atoms with Crippen LogP contribution in [-0.4, -0.2) is 13.7 Å². The number of aryl methyl sites for hydroxylation is 1. The zero-order valence-corrected chi connectivity index (χ0v) is 9.60. The van der Waals surface area contributed by atoms with Crippen molar-refractivity contribution in [2.45, 2.75) is 12.8 Å². The van der Waals surface area contributed by atoms with Gasteiger partial charge in [0.25, 0.3) is 0 Å². The molecule has 0 aliphatic carbocycles. The third-order valence-corrected chi connectivity index (χ3v) is 2.85. The van der Waals surface area contributed by atoms with Crippen molar-refractivity contribution in [1.82, 2.24) is 0 Å². The summed E-state index contributed by atoms with van der Waals surface area (Å²) in [6, 6.07) is 3.18. The van der Waals surface area contributed by atoms with Gasteiger partial charge in [-0.15, -0.1) is 0 Å². The maximum absolute atomic E-state index is 13.3. The Morgan fingerprint density at radius 3 is 2.79 bits per heavy atom. The Bertz CT molecular complexity index is 317. The molecule has 0 spiro atoms. The van der Waals surface area contributed by atoms with E-state index in [1.165, 1.54) is 13.2 Å². The number of hydrogen-bond acceptors (Lipinski definition) is 2. The van der Waals surface area contributed by atoms with Crippen molar-refractivity contribution >= 4 is 15.9 Å². The summed E-state index contributed by atoms with van der Waals surface area (Å²) in [5.74, 6) is 0.245. The fraction of sp³-hybridized carbons (Fsp3) is 0.400. The van der Waals surface area contributed by atoms with Crippen LogP contribution in [0.1, 0.15) is 12.0 Å². The highest BCUT2D eigenvalue weighted by atomic mass is 79.9. The minimum atomic E-state index is -0.295. The normalized spacial score (nSPS) is 10.3. The van der Waals surface area contributed by atoms with Crippen LogP contribution in [0.4, 0.5) is 4.39 Å². The van der Waals surface area contributed by atoms with E-state index in [1.807, 2.05) is 6.07 Å². The van der Waals surface area contributed by atoms with Crippen LogP contribution in [-0.2, 0) is 6.42 Å². The molecule has 0 amide bonds. The summed E-state index contributed by atoms with van der Waals surface area (Å²) in [7, 11) is 1.52. The predicted molar refractivity (Wildman–Crippen MR) is 58.0 cm³/mol. The van der Waals surface area contributed by atoms with Gasteiger partial charge >= 0.3 is 0 Å². The van der Waals surface area contributed by atoms with E-state index in [4.69, 9.17) is 10.5 Å². The average Bonchev–Trinajstić information content (AvgIpc) is 2.20. The number of methoxy groups -OCH3 is 1. The summed E-state index contributed by atoms with van der Waals surface area (Å²) in [4.78, 5) is 0. The lowest BCUT2D eigenvalue weighted by Crippen LogP contribution is -2.01. The molecule has 2 N–H and O–H groups in total. The Morgan fingerprint density at radius 1 is 1.50 bits per heavy atom. The van der Waals surface area contributed by atoms with Gasteiger partial charge in [0.1, 0.15) is 11.6 Å². The molecule has 0 unspecified atom stereocenters. The van der Waals surface area contributed by atoms with Gasteiger partial charge in [-0.05, 0) is 46.9 Å². The molecule has 0 aliphatic rings. The van der Waals surface area contributed by atoms with Crippen molar-refractivity contribution in [3.8, 4) is 5.75 Å². The molecule has 78 valence electrons. The lowest BCUT2D eigenvalue weighted by atomic mass is 10.1. The van der Waals surface area contributed by atoms with Gasteiger partial charge in [-0.2, -0.15) is 0 Å². The van der Waals surface area contributed by atoms with Crippen molar-refractivity contribution in [3.05, 3.63) is 28.0 Å². The SMILES string of the molecule is COc1cc(F)c(Br)c(CCCN)c1. The van der Waals surface area contributed by atoms with E-state index in [1.54, 1.807) is 0 Å². The van der Waals surface area contributed by atoms with E-state index < -0.39 is 0 Å². The van der Waals surface area contributed by atoms with Gasteiger partial charge in [0.05, 0.1) is 11.6 Å². The first kappa shape index (κ1) is 11.5. The molecule has 2 nitrogen and oxygen atoms in total. The Labute approximate surface area is 91.4 Å². The van der Waals surface area contributed by atoms with Crippen LogP contribution < -0.4 is 10.5 Å². The van der Waals surface area contributed by atoms with Crippen LogP contribution in [0.2, 0.25) is 0 Å². The molecular formula is C10H13BrFNO. The molecule has 0 fully saturated rings. The van der Waals surface area contributed by atoms with E-state index in [2.05, 4.69) is 15.9 Å². The number of hydrogen-bond donors (Lipinski definition) is 1. The van der Waals surface area contributed by atoms with E-state index in [0.717, 1.165) is 18.4 Å². The summed E-state index contributed by atoms with van der Waals surface area (Å²) < 4.78 is 18.8. The highest BCUT2D eigenvalue weighted by Crippen LogP contribution is 2.27.